The van der Waals surface area contributed by atoms with E-state index in [1.807, 2.05) is 0 Å². The van der Waals surface area contributed by atoms with Crippen molar-refractivity contribution >= 4 is 23.4 Å². The molecule has 2 aromatic heterocycles. The van der Waals surface area contributed by atoms with Crippen LogP contribution in [-0.4, -0.2) is 64.3 Å². The van der Waals surface area contributed by atoms with Gasteiger partial charge in [0, 0.05) is 37.8 Å². The molecule has 0 unspecified atom stereocenters. The molecule has 4 aromatic rings. The van der Waals surface area contributed by atoms with E-state index >= 15 is 0 Å². The molecule has 1 amide bonds. The number of halogens is 2. The van der Waals surface area contributed by atoms with Crippen LogP contribution in [0.15, 0.2) is 80.0 Å². The minimum atomic E-state index is -0.593. The van der Waals surface area contributed by atoms with Crippen LogP contribution in [0.25, 0.3) is 11.1 Å². The summed E-state index contributed by atoms with van der Waals surface area (Å²) < 4.78 is 39.5. The van der Waals surface area contributed by atoms with Crippen LogP contribution in [0.5, 0.6) is 5.75 Å². The van der Waals surface area contributed by atoms with Gasteiger partial charge in [0.2, 0.25) is 0 Å². The van der Waals surface area contributed by atoms with Crippen LogP contribution in [0.1, 0.15) is 46.7 Å². The van der Waals surface area contributed by atoms with Gasteiger partial charge in [0.15, 0.2) is 11.6 Å². The number of nitrogens with two attached hydrogens (primary N) is 1. The van der Waals surface area contributed by atoms with Gasteiger partial charge in [-0.1, -0.05) is 12.6 Å². The molecule has 48 heavy (non-hydrogen) atoms. The Morgan fingerprint density at radius 1 is 1.10 bits per heavy atom. The van der Waals surface area contributed by atoms with Crippen LogP contribution in [0.4, 0.5) is 20.3 Å². The van der Waals surface area contributed by atoms with E-state index < -0.39 is 23.5 Å². The van der Waals surface area contributed by atoms with E-state index in [0.717, 1.165) is 36.5 Å². The van der Waals surface area contributed by atoms with Gasteiger partial charge in [0.1, 0.15) is 30.6 Å². The number of aromatic nitrogens is 3. The van der Waals surface area contributed by atoms with Crippen molar-refractivity contribution in [2.75, 3.05) is 31.3 Å². The molecule has 2 atom stereocenters. The number of nitrogens with one attached hydrogen (secondary N) is 1. The monoisotopic (exact) mass is 658 g/mol. The van der Waals surface area contributed by atoms with Crippen LogP contribution < -0.4 is 15.8 Å². The second kappa shape index (κ2) is 15.5. The average Bonchev–Trinajstić information content (AvgIpc) is 3.87. The van der Waals surface area contributed by atoms with Gasteiger partial charge in [-0.2, -0.15) is 0 Å². The first-order chi connectivity index (χ1) is 23.2. The summed E-state index contributed by atoms with van der Waals surface area (Å²) in [4.78, 5) is 40.7. The number of hydrogen-bond acceptors (Lipinski definition) is 10. The van der Waals surface area contributed by atoms with Gasteiger partial charge in [0.05, 0.1) is 17.9 Å². The van der Waals surface area contributed by atoms with Crippen molar-refractivity contribution in [3.05, 3.63) is 108 Å². The van der Waals surface area contributed by atoms with Gasteiger partial charge in [-0.25, -0.2) is 23.5 Å². The largest absolute Gasteiger partial charge is 0.486 e. The zero-order valence-corrected chi connectivity index (χ0v) is 26.6. The maximum atomic E-state index is 14.4. The lowest BCUT2D eigenvalue weighted by atomic mass is 9.99. The highest BCUT2D eigenvalue weighted by molar-refractivity contribution is 6.05. The number of carbonyl (C=O) groups is 2. The highest BCUT2D eigenvalue weighted by Gasteiger charge is 2.37. The SMILES string of the molecule is C=CC(=O)ON1CC[C@H](OC)[C@H]1COc1cncnc1N.Cc1c(NC(=O)c2ccc(C3CC3)cc2F)cc(F)cc1-c1ccncc1. The fraction of sp³-hybridized carbons (Fsp3) is 0.286. The normalized spacial score (nSPS) is 17.2. The Bertz CT molecular complexity index is 1770. The van der Waals surface area contributed by atoms with E-state index in [4.69, 9.17) is 20.0 Å². The third-order valence-electron chi connectivity index (χ3n) is 8.13. The average molecular weight is 659 g/mol. The van der Waals surface area contributed by atoms with E-state index in [1.54, 1.807) is 44.6 Å². The Hall–Kier alpha value is -5.27. The number of benzene rings is 2. The van der Waals surface area contributed by atoms with Crippen molar-refractivity contribution < 1.29 is 32.7 Å². The molecule has 2 aromatic carbocycles. The molecule has 2 fully saturated rings. The number of methoxy groups -OCH3 is 1. The summed E-state index contributed by atoms with van der Waals surface area (Å²) >= 11 is 0. The highest BCUT2D eigenvalue weighted by atomic mass is 19.1. The number of hydrogen-bond donors (Lipinski definition) is 2. The van der Waals surface area contributed by atoms with E-state index in [1.165, 1.54) is 41.9 Å². The molecule has 2 aliphatic rings. The smallest absolute Gasteiger partial charge is 0.349 e. The minimum Gasteiger partial charge on any atom is -0.486 e. The van der Waals surface area contributed by atoms with Crippen molar-refractivity contribution in [2.24, 2.45) is 0 Å². The van der Waals surface area contributed by atoms with Crippen molar-refractivity contribution in [3.8, 4) is 16.9 Å². The molecule has 1 aliphatic heterocycles. The number of pyridine rings is 1. The molecule has 0 spiro atoms. The lowest BCUT2D eigenvalue weighted by Gasteiger charge is -2.25. The second-order valence-electron chi connectivity index (χ2n) is 11.3. The standard InChI is InChI=1S/C22H18F2N2O.C13H18N4O4/c1-13-19(15-6-8-25-9-7-15)11-17(23)12-21(13)26-22(27)18-5-4-16(10-20(18)24)14-2-3-14;1-3-12(18)21-17-5-4-10(19-2)9(17)7-20-11-6-15-8-16-13(11)14/h4-12,14H,2-3H2,1H3,(H,26,27);3,6,8-10H,1,4-5,7H2,2H3,(H2,14,15,16)/t;9-,10+/m.1/s1. The van der Waals surface area contributed by atoms with E-state index in [-0.39, 0.29) is 30.1 Å². The Morgan fingerprint density at radius 3 is 2.54 bits per heavy atom. The van der Waals surface area contributed by atoms with Crippen LogP contribution in [0, 0.1) is 18.6 Å². The van der Waals surface area contributed by atoms with E-state index in [2.05, 4.69) is 26.8 Å². The Morgan fingerprint density at radius 2 is 1.88 bits per heavy atom. The predicted molar refractivity (Wildman–Crippen MR) is 175 cm³/mol. The zero-order valence-electron chi connectivity index (χ0n) is 26.6. The van der Waals surface area contributed by atoms with Crippen LogP contribution in [0.3, 0.4) is 0 Å². The quantitative estimate of drug-likeness (QED) is 0.206. The Balaban J connectivity index is 0.000000194. The topological polar surface area (TPSA) is 142 Å². The number of amides is 1. The Kier molecular flexibility index (Phi) is 11.0. The lowest BCUT2D eigenvalue weighted by Crippen LogP contribution is -2.41. The molecule has 1 saturated heterocycles. The Labute approximate surface area is 276 Å². The fourth-order valence-electron chi connectivity index (χ4n) is 5.36. The maximum absolute atomic E-state index is 14.4. The summed E-state index contributed by atoms with van der Waals surface area (Å²) in [7, 11) is 1.61. The first-order valence-electron chi connectivity index (χ1n) is 15.3. The molecule has 0 radical (unpaired) electrons. The van der Waals surface area contributed by atoms with Crippen LogP contribution in [0.2, 0.25) is 0 Å². The number of carbonyl (C=O) groups excluding carboxylic acids is 2. The number of nitrogens with zero attached hydrogens (tertiary/aromatic N) is 4. The molecule has 250 valence electrons. The molecule has 3 heterocycles. The van der Waals surface area contributed by atoms with Gasteiger partial charge < -0.3 is 25.4 Å². The molecular formula is C35H36F2N6O5. The third-order valence-corrected chi connectivity index (χ3v) is 8.13. The molecule has 0 bridgehead atoms. The van der Waals surface area contributed by atoms with E-state index in [0.29, 0.717) is 35.0 Å². The summed E-state index contributed by atoms with van der Waals surface area (Å²) in [6.45, 7) is 5.96. The first kappa shape index (κ1) is 34.1. The number of rotatable bonds is 10. The van der Waals surface area contributed by atoms with Crippen molar-refractivity contribution in [2.45, 2.75) is 44.2 Å². The molecule has 1 saturated carbocycles. The van der Waals surface area contributed by atoms with Gasteiger partial charge >= 0.3 is 5.97 Å². The predicted octanol–water partition coefficient (Wildman–Crippen LogP) is 5.64. The zero-order chi connectivity index (χ0) is 34.2. The lowest BCUT2D eigenvalue weighted by molar-refractivity contribution is -0.194. The minimum absolute atomic E-state index is 0.0477. The second-order valence-corrected chi connectivity index (χ2v) is 11.3. The van der Waals surface area contributed by atoms with Gasteiger partial charge in [0.25, 0.3) is 5.91 Å². The van der Waals surface area contributed by atoms with Crippen LogP contribution >= 0.6 is 0 Å². The number of hydroxylamine groups is 2. The molecule has 6 rings (SSSR count). The third kappa shape index (κ3) is 8.35. The summed E-state index contributed by atoms with van der Waals surface area (Å²) in [6, 6.07) is 10.7. The molecule has 3 N–H and O–H groups in total. The number of ether oxygens (including phenoxy) is 2. The van der Waals surface area contributed by atoms with Crippen molar-refractivity contribution in [1.82, 2.24) is 20.0 Å². The summed E-state index contributed by atoms with van der Waals surface area (Å²) in [6.07, 6.45) is 9.93. The summed E-state index contributed by atoms with van der Waals surface area (Å²) in [5.41, 5.74) is 9.02. The van der Waals surface area contributed by atoms with Crippen molar-refractivity contribution in [3.63, 3.8) is 0 Å². The van der Waals surface area contributed by atoms with Crippen LogP contribution in [-0.2, 0) is 14.4 Å². The number of anilines is 2. The van der Waals surface area contributed by atoms with E-state index in [9.17, 15) is 18.4 Å². The van der Waals surface area contributed by atoms with Crippen molar-refractivity contribution in [1.29, 1.82) is 0 Å². The molecule has 11 nitrogen and oxygen atoms in total. The maximum Gasteiger partial charge on any atom is 0.349 e. The highest BCUT2D eigenvalue weighted by Crippen LogP contribution is 2.40. The fourth-order valence-corrected chi connectivity index (χ4v) is 5.36. The van der Waals surface area contributed by atoms with Gasteiger partial charge in [-0.15, -0.1) is 5.06 Å². The summed E-state index contributed by atoms with van der Waals surface area (Å²) in [5, 5.41) is 4.19. The van der Waals surface area contributed by atoms with Gasteiger partial charge in [-0.3, -0.25) is 9.78 Å². The van der Waals surface area contributed by atoms with Gasteiger partial charge in [-0.05, 0) is 90.8 Å². The molecular weight excluding hydrogens is 622 g/mol. The molecule has 1 aliphatic carbocycles. The number of nitrogen functional groups attached to an aromatic ring is 1. The first-order valence-corrected chi connectivity index (χ1v) is 15.3. The summed E-state index contributed by atoms with van der Waals surface area (Å²) in [5.74, 6) is -1.10. The molecule has 13 heteroatoms.